The Morgan fingerprint density at radius 1 is 1.29 bits per heavy atom. The zero-order valence-electron chi connectivity index (χ0n) is 10.5. The minimum Gasteiger partial charge on any atom is -0.304 e. The van der Waals surface area contributed by atoms with Crippen LogP contribution in [0.3, 0.4) is 0 Å². The zero-order chi connectivity index (χ0) is 10.7. The monoisotopic (exact) mass is 198 g/mol. The summed E-state index contributed by atoms with van der Waals surface area (Å²) >= 11 is 0. The van der Waals surface area contributed by atoms with Crippen molar-refractivity contribution >= 4 is 0 Å². The lowest BCUT2D eigenvalue weighted by atomic mass is 10.1. The number of rotatable bonds is 4. The van der Waals surface area contributed by atoms with E-state index in [9.17, 15) is 0 Å². The maximum atomic E-state index is 2.60. The molecule has 84 valence electrons. The van der Waals surface area contributed by atoms with Gasteiger partial charge < -0.3 is 9.80 Å². The minimum atomic E-state index is 0.683. The normalized spacial score (nSPS) is 24.4. The highest BCUT2D eigenvalue weighted by Crippen LogP contribution is 2.19. The molecular weight excluding hydrogens is 172 g/mol. The van der Waals surface area contributed by atoms with Gasteiger partial charge in [0, 0.05) is 25.2 Å². The van der Waals surface area contributed by atoms with Gasteiger partial charge in [-0.2, -0.15) is 0 Å². The van der Waals surface area contributed by atoms with E-state index in [1.54, 1.807) is 0 Å². The molecule has 1 fully saturated rings. The van der Waals surface area contributed by atoms with Gasteiger partial charge in [-0.05, 0) is 53.6 Å². The van der Waals surface area contributed by atoms with Crippen molar-refractivity contribution in [2.45, 2.75) is 46.2 Å². The van der Waals surface area contributed by atoms with E-state index in [1.165, 1.54) is 26.1 Å². The van der Waals surface area contributed by atoms with E-state index in [2.05, 4.69) is 44.5 Å². The van der Waals surface area contributed by atoms with E-state index in [4.69, 9.17) is 0 Å². The average molecular weight is 198 g/mol. The number of likely N-dealkylation sites (tertiary alicyclic amines) is 1. The van der Waals surface area contributed by atoms with Gasteiger partial charge in [-0.15, -0.1) is 0 Å². The van der Waals surface area contributed by atoms with Crippen LogP contribution in [0, 0.1) is 5.92 Å². The van der Waals surface area contributed by atoms with Crippen molar-refractivity contribution in [3.8, 4) is 0 Å². The van der Waals surface area contributed by atoms with Crippen LogP contribution in [-0.2, 0) is 0 Å². The molecule has 0 amide bonds. The third-order valence-electron chi connectivity index (χ3n) is 3.48. The van der Waals surface area contributed by atoms with Crippen molar-refractivity contribution in [3.05, 3.63) is 0 Å². The Bertz CT molecular complexity index is 166. The molecule has 0 aromatic heterocycles. The molecule has 1 rings (SSSR count). The molecule has 2 nitrogen and oxygen atoms in total. The highest BCUT2D eigenvalue weighted by Gasteiger charge is 2.25. The lowest BCUT2D eigenvalue weighted by Gasteiger charge is -2.25. The van der Waals surface area contributed by atoms with Crippen molar-refractivity contribution in [2.75, 3.05) is 26.7 Å². The number of nitrogens with zero attached hydrogens (tertiary/aromatic N) is 2. The van der Waals surface area contributed by atoms with Gasteiger partial charge in [-0.1, -0.05) is 0 Å². The van der Waals surface area contributed by atoms with Gasteiger partial charge in [0.15, 0.2) is 0 Å². The molecule has 0 spiro atoms. The summed E-state index contributed by atoms with van der Waals surface area (Å²) in [5.74, 6) is 0.893. The summed E-state index contributed by atoms with van der Waals surface area (Å²) in [5.41, 5.74) is 0. The molecule has 1 saturated heterocycles. The molecule has 0 N–H and O–H groups in total. The Labute approximate surface area is 89.3 Å². The third kappa shape index (κ3) is 3.25. The van der Waals surface area contributed by atoms with Crippen molar-refractivity contribution in [3.63, 3.8) is 0 Å². The quantitative estimate of drug-likeness (QED) is 0.682. The molecule has 1 atom stereocenters. The maximum absolute atomic E-state index is 2.60. The average Bonchev–Trinajstić information content (AvgIpc) is 2.52. The van der Waals surface area contributed by atoms with Gasteiger partial charge in [-0.25, -0.2) is 0 Å². The first-order valence-electron chi connectivity index (χ1n) is 5.95. The van der Waals surface area contributed by atoms with Crippen LogP contribution in [0.1, 0.15) is 34.1 Å². The van der Waals surface area contributed by atoms with Crippen LogP contribution < -0.4 is 0 Å². The first kappa shape index (κ1) is 12.0. The fourth-order valence-corrected chi connectivity index (χ4v) is 2.10. The standard InChI is InChI=1S/C12H26N2/c1-10(2)13(5)8-12-6-7-14(9-12)11(3)4/h10-12H,6-9H2,1-5H3. The van der Waals surface area contributed by atoms with Gasteiger partial charge in [0.1, 0.15) is 0 Å². The smallest absolute Gasteiger partial charge is 0.00387 e. The lowest BCUT2D eigenvalue weighted by molar-refractivity contribution is 0.214. The van der Waals surface area contributed by atoms with E-state index in [-0.39, 0.29) is 0 Å². The second kappa shape index (κ2) is 5.13. The van der Waals surface area contributed by atoms with Crippen LogP contribution >= 0.6 is 0 Å². The first-order chi connectivity index (χ1) is 6.50. The molecule has 0 aromatic rings. The Morgan fingerprint density at radius 3 is 2.36 bits per heavy atom. The van der Waals surface area contributed by atoms with Crippen LogP contribution in [0.15, 0.2) is 0 Å². The lowest BCUT2D eigenvalue weighted by Crippen LogP contribution is -2.34. The molecular formula is C12H26N2. The largest absolute Gasteiger partial charge is 0.304 e. The highest BCUT2D eigenvalue weighted by atomic mass is 15.2. The molecule has 0 bridgehead atoms. The van der Waals surface area contributed by atoms with Gasteiger partial charge >= 0.3 is 0 Å². The molecule has 0 aromatic carbocycles. The second-order valence-electron chi connectivity index (χ2n) is 5.28. The van der Waals surface area contributed by atoms with Gasteiger partial charge in [0.2, 0.25) is 0 Å². The number of hydrogen-bond donors (Lipinski definition) is 0. The van der Waals surface area contributed by atoms with Crippen LogP contribution in [-0.4, -0.2) is 48.6 Å². The molecule has 1 unspecified atom stereocenters. The summed E-state index contributed by atoms with van der Waals surface area (Å²) in [5, 5.41) is 0. The van der Waals surface area contributed by atoms with Crippen molar-refractivity contribution in [1.29, 1.82) is 0 Å². The molecule has 1 aliphatic heterocycles. The third-order valence-corrected chi connectivity index (χ3v) is 3.48. The van der Waals surface area contributed by atoms with E-state index >= 15 is 0 Å². The fraction of sp³-hybridized carbons (Fsp3) is 1.00. The SMILES string of the molecule is CC(C)N(C)CC1CCN(C(C)C)C1. The molecule has 1 aliphatic rings. The van der Waals surface area contributed by atoms with Crippen molar-refractivity contribution < 1.29 is 0 Å². The predicted molar refractivity (Wildman–Crippen MR) is 62.6 cm³/mol. The van der Waals surface area contributed by atoms with Crippen LogP contribution in [0.2, 0.25) is 0 Å². The molecule has 1 heterocycles. The molecule has 14 heavy (non-hydrogen) atoms. The van der Waals surface area contributed by atoms with Gasteiger partial charge in [0.25, 0.3) is 0 Å². The summed E-state index contributed by atoms with van der Waals surface area (Å²) in [6, 6.07) is 1.41. The number of hydrogen-bond acceptors (Lipinski definition) is 2. The van der Waals surface area contributed by atoms with Crippen LogP contribution in [0.4, 0.5) is 0 Å². The molecule has 0 radical (unpaired) electrons. The summed E-state index contributed by atoms with van der Waals surface area (Å²) in [4.78, 5) is 5.06. The zero-order valence-corrected chi connectivity index (χ0v) is 10.5. The van der Waals surface area contributed by atoms with E-state index in [0.29, 0.717) is 6.04 Å². The Balaban J connectivity index is 2.29. The van der Waals surface area contributed by atoms with E-state index in [0.717, 1.165) is 12.0 Å². The Morgan fingerprint density at radius 2 is 1.93 bits per heavy atom. The van der Waals surface area contributed by atoms with Gasteiger partial charge in [0.05, 0.1) is 0 Å². The van der Waals surface area contributed by atoms with E-state index < -0.39 is 0 Å². The molecule has 0 aliphatic carbocycles. The summed E-state index contributed by atoms with van der Waals surface area (Å²) in [6.07, 6.45) is 1.38. The second-order valence-corrected chi connectivity index (χ2v) is 5.28. The van der Waals surface area contributed by atoms with Crippen LogP contribution in [0.25, 0.3) is 0 Å². The van der Waals surface area contributed by atoms with Gasteiger partial charge in [-0.3, -0.25) is 0 Å². The van der Waals surface area contributed by atoms with Crippen molar-refractivity contribution in [2.24, 2.45) is 5.92 Å². The maximum Gasteiger partial charge on any atom is 0.00387 e. The minimum absolute atomic E-state index is 0.683. The first-order valence-corrected chi connectivity index (χ1v) is 5.95. The molecule has 2 heteroatoms. The fourth-order valence-electron chi connectivity index (χ4n) is 2.10. The summed E-state index contributed by atoms with van der Waals surface area (Å²) < 4.78 is 0. The van der Waals surface area contributed by atoms with Crippen molar-refractivity contribution in [1.82, 2.24) is 9.80 Å². The molecule has 0 saturated carbocycles. The Kier molecular flexibility index (Phi) is 4.39. The Hall–Kier alpha value is -0.0800. The predicted octanol–water partition coefficient (Wildman–Crippen LogP) is 2.06. The van der Waals surface area contributed by atoms with E-state index in [1.807, 2.05) is 0 Å². The highest BCUT2D eigenvalue weighted by molar-refractivity contribution is 4.79. The van der Waals surface area contributed by atoms with Crippen LogP contribution in [0.5, 0.6) is 0 Å². The summed E-state index contributed by atoms with van der Waals surface area (Å²) in [7, 11) is 2.24. The summed E-state index contributed by atoms with van der Waals surface area (Å²) in [6.45, 7) is 13.0. The topological polar surface area (TPSA) is 6.48 Å².